The van der Waals surface area contributed by atoms with Crippen LogP contribution in [-0.2, 0) is 0 Å². The van der Waals surface area contributed by atoms with Gasteiger partial charge in [0.1, 0.15) is 5.69 Å². The number of hydrogen-bond donors (Lipinski definition) is 2. The van der Waals surface area contributed by atoms with Gasteiger partial charge in [-0.3, -0.25) is 9.78 Å². The van der Waals surface area contributed by atoms with Gasteiger partial charge < -0.3 is 11.1 Å². The van der Waals surface area contributed by atoms with Gasteiger partial charge in [0, 0.05) is 19.2 Å². The highest BCUT2D eigenvalue weighted by Gasteiger charge is 2.06. The second-order valence-corrected chi connectivity index (χ2v) is 3.54. The largest absolute Gasteiger partial charge is 0.393 e. The number of aromatic nitrogens is 2. The van der Waals surface area contributed by atoms with E-state index in [1.54, 1.807) is 6.20 Å². The smallest absolute Gasteiger partial charge is 0.271 e. The molecule has 0 saturated carbocycles. The maximum Gasteiger partial charge on any atom is 0.271 e. The fourth-order valence-electron chi connectivity index (χ4n) is 0.900. The summed E-state index contributed by atoms with van der Waals surface area (Å²) in [5.74, 6) is -0.265. The Hall–Kier alpha value is -1.56. The summed E-state index contributed by atoms with van der Waals surface area (Å²) in [5.41, 5.74) is 6.36. The molecule has 1 heterocycles. The molecule has 15 heavy (non-hydrogen) atoms. The fraction of sp³-hybridized carbons (Fsp3) is 0.333. The minimum Gasteiger partial charge on any atom is -0.393 e. The zero-order valence-corrected chi connectivity index (χ0v) is 9.17. The third kappa shape index (κ3) is 3.99. The lowest BCUT2D eigenvalue weighted by Gasteiger charge is -2.03. The fourth-order valence-corrected chi connectivity index (χ4v) is 1.00. The third-order valence-electron chi connectivity index (χ3n) is 1.67. The highest BCUT2D eigenvalue weighted by Crippen LogP contribution is 1.93. The highest BCUT2D eigenvalue weighted by molar-refractivity contribution is 7.80. The number of hydrogen-bond acceptors (Lipinski definition) is 4. The molecule has 1 amide bonds. The van der Waals surface area contributed by atoms with Gasteiger partial charge in [0.25, 0.3) is 5.91 Å². The number of amides is 1. The Kier molecular flexibility index (Phi) is 4.11. The van der Waals surface area contributed by atoms with E-state index in [1.165, 1.54) is 6.20 Å². The Balaban J connectivity index is 2.47. The van der Waals surface area contributed by atoms with Crippen molar-refractivity contribution >= 4 is 23.1 Å². The number of aryl methyl sites for hydroxylation is 1. The lowest BCUT2D eigenvalue weighted by molar-refractivity contribution is 0.0949. The Labute approximate surface area is 93.1 Å². The normalized spacial score (nSPS) is 9.67. The number of nitrogens with zero attached hydrogens (tertiary/aromatic N) is 2. The van der Waals surface area contributed by atoms with Crippen LogP contribution in [0.25, 0.3) is 0 Å². The molecular formula is C9H12N4OS. The van der Waals surface area contributed by atoms with E-state index in [4.69, 9.17) is 5.73 Å². The van der Waals surface area contributed by atoms with Gasteiger partial charge in [-0.15, -0.1) is 0 Å². The Morgan fingerprint density at radius 2 is 2.27 bits per heavy atom. The lowest BCUT2D eigenvalue weighted by atomic mass is 10.3. The van der Waals surface area contributed by atoms with E-state index in [2.05, 4.69) is 27.5 Å². The number of rotatable bonds is 4. The van der Waals surface area contributed by atoms with E-state index >= 15 is 0 Å². The van der Waals surface area contributed by atoms with Crippen molar-refractivity contribution in [1.82, 2.24) is 15.3 Å². The lowest BCUT2D eigenvalue weighted by Crippen LogP contribution is -2.28. The van der Waals surface area contributed by atoms with Crippen LogP contribution in [0.15, 0.2) is 12.4 Å². The first-order valence-corrected chi connectivity index (χ1v) is 4.85. The molecule has 0 aliphatic rings. The first kappa shape index (κ1) is 11.5. The van der Waals surface area contributed by atoms with Crippen molar-refractivity contribution in [2.24, 2.45) is 5.73 Å². The summed E-state index contributed by atoms with van der Waals surface area (Å²) in [4.78, 5) is 19.7. The maximum absolute atomic E-state index is 11.4. The van der Waals surface area contributed by atoms with Crippen molar-refractivity contribution < 1.29 is 4.79 Å². The second-order valence-electron chi connectivity index (χ2n) is 3.02. The first-order valence-electron chi connectivity index (χ1n) is 4.44. The predicted molar refractivity (Wildman–Crippen MR) is 60.5 cm³/mol. The van der Waals surface area contributed by atoms with Crippen LogP contribution in [-0.4, -0.2) is 27.4 Å². The van der Waals surface area contributed by atoms with Gasteiger partial charge in [0.2, 0.25) is 0 Å². The minimum atomic E-state index is -0.265. The van der Waals surface area contributed by atoms with Crippen LogP contribution in [0.4, 0.5) is 0 Å². The molecule has 80 valence electrons. The summed E-state index contributed by atoms with van der Waals surface area (Å²) in [6, 6.07) is 0. The summed E-state index contributed by atoms with van der Waals surface area (Å²) in [6.07, 6.45) is 3.47. The molecule has 0 atom stereocenters. The summed E-state index contributed by atoms with van der Waals surface area (Å²) >= 11 is 4.68. The molecular weight excluding hydrogens is 212 g/mol. The van der Waals surface area contributed by atoms with Crippen LogP contribution in [0, 0.1) is 6.92 Å². The molecule has 1 aromatic rings. The molecule has 0 bridgehead atoms. The van der Waals surface area contributed by atoms with Crippen LogP contribution in [0.3, 0.4) is 0 Å². The van der Waals surface area contributed by atoms with Crippen LogP contribution >= 0.6 is 12.2 Å². The SMILES string of the molecule is Cc1cnc(C(=O)NCCC(N)=S)cn1. The third-order valence-corrected chi connectivity index (χ3v) is 1.87. The van der Waals surface area contributed by atoms with Crippen molar-refractivity contribution in [3.63, 3.8) is 0 Å². The van der Waals surface area contributed by atoms with Crippen molar-refractivity contribution in [3.8, 4) is 0 Å². The molecule has 0 spiro atoms. The van der Waals surface area contributed by atoms with Gasteiger partial charge in [-0.25, -0.2) is 4.98 Å². The van der Waals surface area contributed by atoms with Crippen LogP contribution < -0.4 is 11.1 Å². The van der Waals surface area contributed by atoms with Crippen molar-refractivity contribution in [3.05, 3.63) is 23.8 Å². The zero-order chi connectivity index (χ0) is 11.3. The Morgan fingerprint density at radius 3 is 2.80 bits per heavy atom. The number of thiocarbonyl (C=S) groups is 1. The number of carbonyl (C=O) groups is 1. The summed E-state index contributed by atoms with van der Waals surface area (Å²) < 4.78 is 0. The van der Waals surface area contributed by atoms with Crippen molar-refractivity contribution in [2.45, 2.75) is 13.3 Å². The van der Waals surface area contributed by atoms with Gasteiger partial charge in [0.15, 0.2) is 0 Å². The number of nitrogens with two attached hydrogens (primary N) is 1. The van der Waals surface area contributed by atoms with Gasteiger partial charge in [0.05, 0.1) is 16.9 Å². The number of carbonyl (C=O) groups excluding carboxylic acids is 1. The molecule has 0 fully saturated rings. The Morgan fingerprint density at radius 1 is 1.53 bits per heavy atom. The second kappa shape index (κ2) is 5.35. The monoisotopic (exact) mass is 224 g/mol. The minimum absolute atomic E-state index is 0.265. The van der Waals surface area contributed by atoms with Gasteiger partial charge in [-0.2, -0.15) is 0 Å². The molecule has 6 heteroatoms. The molecule has 0 radical (unpaired) electrons. The maximum atomic E-state index is 11.4. The molecule has 1 aromatic heterocycles. The molecule has 0 aliphatic carbocycles. The van der Waals surface area contributed by atoms with Crippen LogP contribution in [0.5, 0.6) is 0 Å². The van der Waals surface area contributed by atoms with E-state index in [9.17, 15) is 4.79 Å². The molecule has 0 saturated heterocycles. The summed E-state index contributed by atoms with van der Waals surface area (Å²) in [6.45, 7) is 2.23. The van der Waals surface area contributed by atoms with E-state index in [0.29, 0.717) is 23.6 Å². The van der Waals surface area contributed by atoms with Crippen molar-refractivity contribution in [2.75, 3.05) is 6.54 Å². The highest BCUT2D eigenvalue weighted by atomic mass is 32.1. The van der Waals surface area contributed by atoms with E-state index < -0.39 is 0 Å². The van der Waals surface area contributed by atoms with Crippen molar-refractivity contribution in [1.29, 1.82) is 0 Å². The molecule has 0 aliphatic heterocycles. The average Bonchev–Trinajstić information content (AvgIpc) is 2.18. The topological polar surface area (TPSA) is 80.9 Å². The Bertz CT molecular complexity index is 363. The van der Waals surface area contributed by atoms with Gasteiger partial charge in [-0.1, -0.05) is 12.2 Å². The zero-order valence-electron chi connectivity index (χ0n) is 8.36. The quantitative estimate of drug-likeness (QED) is 0.714. The molecule has 1 rings (SSSR count). The molecule has 5 nitrogen and oxygen atoms in total. The molecule has 3 N–H and O–H groups in total. The van der Waals surface area contributed by atoms with Gasteiger partial charge in [-0.05, 0) is 6.92 Å². The van der Waals surface area contributed by atoms with Crippen LogP contribution in [0.1, 0.15) is 22.6 Å². The average molecular weight is 224 g/mol. The van der Waals surface area contributed by atoms with E-state index in [-0.39, 0.29) is 5.91 Å². The first-order chi connectivity index (χ1) is 7.09. The van der Waals surface area contributed by atoms with E-state index in [0.717, 1.165) is 5.69 Å². The van der Waals surface area contributed by atoms with Gasteiger partial charge >= 0.3 is 0 Å². The number of nitrogens with one attached hydrogen (secondary N) is 1. The summed E-state index contributed by atoms with van der Waals surface area (Å²) in [7, 11) is 0. The summed E-state index contributed by atoms with van der Waals surface area (Å²) in [5, 5.41) is 2.64. The van der Waals surface area contributed by atoms with E-state index in [1.807, 2.05) is 6.92 Å². The standard InChI is InChI=1S/C9H12N4OS/c1-6-4-13-7(5-12-6)9(14)11-3-2-8(10)15/h4-5H,2-3H2,1H3,(H2,10,15)(H,11,14). The molecule has 0 unspecified atom stereocenters. The molecule has 0 aromatic carbocycles. The van der Waals surface area contributed by atoms with Crippen LogP contribution in [0.2, 0.25) is 0 Å². The predicted octanol–water partition coefficient (Wildman–Crippen LogP) is 0.191.